The fourth-order valence-electron chi connectivity index (χ4n) is 3.28. The predicted molar refractivity (Wildman–Crippen MR) is 80.9 cm³/mol. The Kier molecular flexibility index (Phi) is 3.91. The number of nitrogens with zero attached hydrogens (tertiary/aromatic N) is 2. The van der Waals surface area contributed by atoms with Crippen LogP contribution in [0.15, 0.2) is 12.1 Å². The molecule has 2 unspecified atom stereocenters. The number of fused-ring (bicyclic) bond motifs is 1. The fraction of sp³-hybridized carbons (Fsp3) is 0.533. The van der Waals surface area contributed by atoms with Crippen molar-refractivity contribution >= 4 is 34.2 Å². The summed E-state index contributed by atoms with van der Waals surface area (Å²) in [4.78, 5) is 4.47. The highest BCUT2D eigenvalue weighted by molar-refractivity contribution is 6.31. The first kappa shape index (κ1) is 14.2. The molecule has 1 heterocycles. The maximum atomic E-state index is 13.6. The van der Waals surface area contributed by atoms with Gasteiger partial charge in [-0.05, 0) is 24.8 Å². The van der Waals surface area contributed by atoms with E-state index >= 15 is 0 Å². The van der Waals surface area contributed by atoms with Gasteiger partial charge in [-0.2, -0.15) is 0 Å². The summed E-state index contributed by atoms with van der Waals surface area (Å²) in [5.41, 5.74) is 1.53. The molecule has 0 N–H and O–H groups in total. The highest BCUT2D eigenvalue weighted by atomic mass is 35.5. The van der Waals surface area contributed by atoms with Crippen LogP contribution in [0, 0.1) is 11.7 Å². The zero-order valence-electron chi connectivity index (χ0n) is 11.4. The van der Waals surface area contributed by atoms with Crippen molar-refractivity contribution in [1.29, 1.82) is 0 Å². The largest absolute Gasteiger partial charge is 0.324 e. The Morgan fingerprint density at radius 3 is 2.90 bits per heavy atom. The second-order valence-electron chi connectivity index (χ2n) is 5.71. The molecule has 1 aliphatic rings. The number of aromatic nitrogens is 2. The molecule has 2 atom stereocenters. The molecule has 3 rings (SSSR count). The summed E-state index contributed by atoms with van der Waals surface area (Å²) in [6, 6.07) is 3.46. The van der Waals surface area contributed by atoms with Gasteiger partial charge in [0.05, 0.1) is 21.9 Å². The monoisotopic (exact) mass is 314 g/mol. The minimum Gasteiger partial charge on any atom is -0.324 e. The Balaban J connectivity index is 2.14. The molecule has 5 heteroatoms. The van der Waals surface area contributed by atoms with E-state index in [1.165, 1.54) is 18.9 Å². The molecule has 1 fully saturated rings. The maximum Gasteiger partial charge on any atom is 0.144 e. The van der Waals surface area contributed by atoms with Crippen LogP contribution in [0.4, 0.5) is 4.39 Å². The third-order valence-corrected chi connectivity index (χ3v) is 4.73. The number of benzene rings is 1. The van der Waals surface area contributed by atoms with Gasteiger partial charge in [-0.25, -0.2) is 9.37 Å². The van der Waals surface area contributed by atoms with Crippen molar-refractivity contribution in [2.45, 2.75) is 44.5 Å². The maximum absolute atomic E-state index is 13.6. The average Bonchev–Trinajstić information content (AvgIpc) is 2.77. The lowest BCUT2D eigenvalue weighted by Crippen LogP contribution is -2.19. The van der Waals surface area contributed by atoms with Crippen LogP contribution in [-0.2, 0) is 5.88 Å². The van der Waals surface area contributed by atoms with Gasteiger partial charge in [0.1, 0.15) is 11.6 Å². The fourth-order valence-corrected chi connectivity index (χ4v) is 3.63. The number of alkyl halides is 1. The van der Waals surface area contributed by atoms with Crippen molar-refractivity contribution in [2.75, 3.05) is 0 Å². The van der Waals surface area contributed by atoms with E-state index in [9.17, 15) is 4.39 Å². The van der Waals surface area contributed by atoms with Crippen molar-refractivity contribution in [2.24, 2.45) is 5.92 Å². The topological polar surface area (TPSA) is 17.8 Å². The van der Waals surface area contributed by atoms with E-state index in [1.54, 1.807) is 6.07 Å². The zero-order valence-corrected chi connectivity index (χ0v) is 12.9. The molecule has 20 heavy (non-hydrogen) atoms. The lowest BCUT2D eigenvalue weighted by molar-refractivity contribution is 0.283. The minimum atomic E-state index is -0.429. The van der Waals surface area contributed by atoms with Crippen molar-refractivity contribution in [3.05, 3.63) is 28.8 Å². The summed E-state index contributed by atoms with van der Waals surface area (Å²) in [6.07, 6.45) is 4.72. The third-order valence-electron chi connectivity index (χ3n) is 4.20. The van der Waals surface area contributed by atoms with E-state index < -0.39 is 5.82 Å². The molecule has 1 aromatic carbocycles. The SMILES string of the molecule is CC1CCCC(n2c(CCl)nc3cc(F)c(Cl)cc32)C1. The Morgan fingerprint density at radius 1 is 1.40 bits per heavy atom. The Labute approximate surface area is 127 Å². The van der Waals surface area contributed by atoms with E-state index in [4.69, 9.17) is 23.2 Å². The molecule has 2 nitrogen and oxygen atoms in total. The van der Waals surface area contributed by atoms with E-state index in [0.29, 0.717) is 23.4 Å². The molecule has 0 radical (unpaired) electrons. The van der Waals surface area contributed by atoms with E-state index in [2.05, 4.69) is 16.5 Å². The minimum absolute atomic E-state index is 0.142. The van der Waals surface area contributed by atoms with Crippen molar-refractivity contribution in [3.8, 4) is 0 Å². The quantitative estimate of drug-likeness (QED) is 0.686. The summed E-state index contributed by atoms with van der Waals surface area (Å²) in [5, 5.41) is 0.142. The molecule has 1 aliphatic carbocycles. The highest BCUT2D eigenvalue weighted by Gasteiger charge is 2.24. The standard InChI is InChI=1S/C15H17Cl2FN2/c1-9-3-2-4-10(5-9)20-14-6-11(17)12(18)7-13(14)19-15(20)8-16/h6-7,9-10H,2-5,8H2,1H3. The average molecular weight is 315 g/mol. The summed E-state index contributed by atoms with van der Waals surface area (Å²) in [5.74, 6) is 1.41. The summed E-state index contributed by atoms with van der Waals surface area (Å²) in [6.45, 7) is 2.28. The van der Waals surface area contributed by atoms with Gasteiger partial charge < -0.3 is 4.57 Å². The Hall–Kier alpha value is -0.800. The molecular formula is C15H17Cl2FN2. The zero-order chi connectivity index (χ0) is 14.3. The van der Waals surface area contributed by atoms with Crippen LogP contribution in [0.1, 0.15) is 44.5 Å². The Morgan fingerprint density at radius 2 is 2.20 bits per heavy atom. The summed E-state index contributed by atoms with van der Waals surface area (Å²) in [7, 11) is 0. The van der Waals surface area contributed by atoms with Crippen LogP contribution in [0.5, 0.6) is 0 Å². The molecule has 0 bridgehead atoms. The van der Waals surface area contributed by atoms with Crippen LogP contribution in [0.25, 0.3) is 11.0 Å². The highest BCUT2D eigenvalue weighted by Crippen LogP contribution is 2.36. The van der Waals surface area contributed by atoms with Gasteiger partial charge in [-0.3, -0.25) is 0 Å². The molecule has 0 spiro atoms. The first-order chi connectivity index (χ1) is 9.60. The number of halogens is 3. The van der Waals surface area contributed by atoms with Gasteiger partial charge >= 0.3 is 0 Å². The number of rotatable bonds is 2. The van der Waals surface area contributed by atoms with Crippen LogP contribution >= 0.6 is 23.2 Å². The van der Waals surface area contributed by atoms with Gasteiger partial charge in [0, 0.05) is 12.1 Å². The van der Waals surface area contributed by atoms with Gasteiger partial charge in [-0.1, -0.05) is 31.4 Å². The van der Waals surface area contributed by atoms with E-state index in [-0.39, 0.29) is 5.02 Å². The lowest BCUT2D eigenvalue weighted by atomic mass is 9.87. The second-order valence-corrected chi connectivity index (χ2v) is 6.39. The van der Waals surface area contributed by atoms with Crippen LogP contribution in [-0.4, -0.2) is 9.55 Å². The summed E-state index contributed by atoms with van der Waals surface area (Å²) >= 11 is 12.0. The van der Waals surface area contributed by atoms with Crippen molar-refractivity contribution < 1.29 is 4.39 Å². The Bertz CT molecular complexity index is 638. The van der Waals surface area contributed by atoms with Crippen LogP contribution < -0.4 is 0 Å². The van der Waals surface area contributed by atoms with Crippen molar-refractivity contribution in [3.63, 3.8) is 0 Å². The second kappa shape index (κ2) is 5.53. The third kappa shape index (κ3) is 2.42. The first-order valence-corrected chi connectivity index (χ1v) is 7.93. The molecule has 1 saturated carbocycles. The number of imidazole rings is 1. The predicted octanol–water partition coefficient (Wildman–Crippen LogP) is 5.32. The lowest BCUT2D eigenvalue weighted by Gasteiger charge is -2.29. The van der Waals surface area contributed by atoms with Crippen LogP contribution in [0.3, 0.4) is 0 Å². The normalized spacial score (nSPS) is 23.4. The molecule has 2 aromatic rings. The molecule has 0 aliphatic heterocycles. The van der Waals surface area contributed by atoms with Crippen LogP contribution in [0.2, 0.25) is 5.02 Å². The van der Waals surface area contributed by atoms with Gasteiger partial charge in [-0.15, -0.1) is 11.6 Å². The molecule has 1 aromatic heterocycles. The summed E-state index contributed by atoms with van der Waals surface area (Å²) < 4.78 is 15.8. The van der Waals surface area contributed by atoms with Gasteiger partial charge in [0.2, 0.25) is 0 Å². The van der Waals surface area contributed by atoms with Gasteiger partial charge in [0.15, 0.2) is 0 Å². The molecule has 0 saturated heterocycles. The first-order valence-electron chi connectivity index (χ1n) is 7.02. The van der Waals surface area contributed by atoms with Gasteiger partial charge in [0.25, 0.3) is 0 Å². The molecule has 108 valence electrons. The van der Waals surface area contributed by atoms with E-state index in [1.807, 2.05) is 0 Å². The smallest absolute Gasteiger partial charge is 0.144 e. The molecule has 0 amide bonds. The number of hydrogen-bond donors (Lipinski definition) is 0. The van der Waals surface area contributed by atoms with E-state index in [0.717, 1.165) is 24.2 Å². The number of hydrogen-bond acceptors (Lipinski definition) is 1. The molecular weight excluding hydrogens is 298 g/mol. The van der Waals surface area contributed by atoms with Crippen molar-refractivity contribution in [1.82, 2.24) is 9.55 Å².